The third-order valence-electron chi connectivity index (χ3n) is 9.61. The van der Waals surface area contributed by atoms with Crippen LogP contribution in [0.2, 0.25) is 0 Å². The maximum absolute atomic E-state index is 9.72. The number of fused-ring (bicyclic) bond motifs is 3. The molecule has 50 heavy (non-hydrogen) atoms. The fourth-order valence-corrected chi connectivity index (χ4v) is 12.5. The van der Waals surface area contributed by atoms with Crippen LogP contribution in [0.1, 0.15) is 5.56 Å². The van der Waals surface area contributed by atoms with Gasteiger partial charge in [0.05, 0.1) is 35.8 Å². The molecule has 0 radical (unpaired) electrons. The lowest BCUT2D eigenvalue weighted by Crippen LogP contribution is -2.75. The molecule has 1 aromatic heterocycles. The van der Waals surface area contributed by atoms with Gasteiger partial charge in [0, 0.05) is 16.5 Å². The number of rotatable bonds is 6. The smallest absolute Gasteiger partial charge is 0.217 e. The monoisotopic (exact) mass is 652 g/mol. The Morgan fingerprint density at radius 1 is 0.540 bits per heavy atom. The van der Waals surface area contributed by atoms with E-state index in [1.807, 2.05) is 48.5 Å². The molecule has 232 valence electrons. The number of hydrogen-bond donors (Lipinski definition) is 0. The van der Waals surface area contributed by atoms with Crippen LogP contribution in [0.25, 0.3) is 48.3 Å². The summed E-state index contributed by atoms with van der Waals surface area (Å²) in [7, 11) is -2.93. The van der Waals surface area contributed by atoms with E-state index in [0.29, 0.717) is 22.6 Å². The minimum Gasteiger partial charge on any atom is -0.320 e. The number of nitriles is 1. The highest BCUT2D eigenvalue weighted by molar-refractivity contribution is 7.20. The summed E-state index contributed by atoms with van der Waals surface area (Å²) in [6, 6.07) is 60.8. The summed E-state index contributed by atoms with van der Waals surface area (Å²) in [5.41, 5.74) is 5.47. The summed E-state index contributed by atoms with van der Waals surface area (Å²) >= 11 is 0. The van der Waals surface area contributed by atoms with E-state index < -0.39 is 8.07 Å². The van der Waals surface area contributed by atoms with Crippen LogP contribution in [-0.2, 0) is 0 Å². The van der Waals surface area contributed by atoms with Crippen LogP contribution in [0.5, 0.6) is 0 Å². The van der Waals surface area contributed by atoms with Crippen molar-refractivity contribution in [1.29, 1.82) is 5.26 Å². The van der Waals surface area contributed by atoms with Gasteiger partial charge in [0.15, 0.2) is 13.8 Å². The van der Waals surface area contributed by atoms with E-state index in [-0.39, 0.29) is 0 Å². The second-order valence-electron chi connectivity index (χ2n) is 12.2. The summed E-state index contributed by atoms with van der Waals surface area (Å²) in [5, 5.41) is 16.6. The molecule has 8 rings (SSSR count). The Bertz CT molecular complexity index is 2580. The lowest BCUT2D eigenvalue weighted by atomic mass is 10.0. The first kappa shape index (κ1) is 30.4. The Kier molecular flexibility index (Phi) is 7.63. The van der Waals surface area contributed by atoms with Gasteiger partial charge in [0.2, 0.25) is 5.69 Å². The molecule has 7 aromatic carbocycles. The third kappa shape index (κ3) is 4.72. The first-order chi connectivity index (χ1) is 24.7. The molecule has 4 nitrogen and oxygen atoms in total. The second kappa shape index (κ2) is 12.6. The summed E-state index contributed by atoms with van der Waals surface area (Å²) in [6.07, 6.45) is 0. The lowest BCUT2D eigenvalue weighted by Gasteiger charge is -2.36. The molecule has 0 spiro atoms. The molecule has 8 aromatic rings. The van der Waals surface area contributed by atoms with Crippen molar-refractivity contribution < 1.29 is 0 Å². The molecule has 0 fully saturated rings. The molecular formula is C45H28N4Si. The number of nitrogens with zero attached hydrogens (tertiary/aromatic N) is 4. The third-order valence-corrected chi connectivity index (χ3v) is 14.4. The molecule has 0 saturated heterocycles. The van der Waals surface area contributed by atoms with Gasteiger partial charge in [-0.15, -0.1) is 0 Å². The predicted octanol–water partition coefficient (Wildman–Crippen LogP) is 8.80. The molecule has 5 heteroatoms. The quantitative estimate of drug-likeness (QED) is 0.101. The number of hydrogen-bond acceptors (Lipinski definition) is 1. The van der Waals surface area contributed by atoms with Gasteiger partial charge >= 0.3 is 0 Å². The fourth-order valence-electron chi connectivity index (χ4n) is 7.52. The maximum Gasteiger partial charge on any atom is 0.217 e. The zero-order valence-corrected chi connectivity index (χ0v) is 28.0. The van der Waals surface area contributed by atoms with Gasteiger partial charge in [-0.3, -0.25) is 0 Å². The minimum absolute atomic E-state index is 0.297. The molecule has 0 aliphatic heterocycles. The molecule has 0 aliphatic carbocycles. The van der Waals surface area contributed by atoms with Crippen molar-refractivity contribution in [2.24, 2.45) is 0 Å². The van der Waals surface area contributed by atoms with Gasteiger partial charge < -0.3 is 4.57 Å². The van der Waals surface area contributed by atoms with E-state index in [2.05, 4.69) is 142 Å². The largest absolute Gasteiger partial charge is 0.320 e. The standard InChI is InChI=1S/C45H28N4Si/c1-47-40-29-33(30-43(45(40)48-2)49-41-24-14-12-23-38(41)39-28-32(31-46)26-27-42(39)49)37-22-13-15-25-44(37)50(34-16-6-3-7-17-34,35-18-8-4-9-19-35)36-20-10-5-11-21-36/h3-30H. The zero-order valence-electron chi connectivity index (χ0n) is 27.0. The average Bonchev–Trinajstić information content (AvgIpc) is 3.52. The fraction of sp³-hybridized carbons (Fsp3) is 0. The SMILES string of the molecule is [C-]#[N+]c1cc(-c2ccccc2[Si](c2ccccc2)(c2ccccc2)c2ccccc2)cc(-n2c3ccccc3c3cc(C#N)ccc32)c1[N+]#[C-]. The molecule has 0 bridgehead atoms. The number of aromatic nitrogens is 1. The van der Waals surface area contributed by atoms with E-state index in [1.54, 1.807) is 0 Å². The Morgan fingerprint density at radius 3 is 1.70 bits per heavy atom. The topological polar surface area (TPSA) is 37.4 Å². The van der Waals surface area contributed by atoms with Crippen molar-refractivity contribution >= 4 is 62.0 Å². The van der Waals surface area contributed by atoms with Crippen LogP contribution in [0, 0.1) is 24.5 Å². The highest BCUT2D eigenvalue weighted by Gasteiger charge is 2.42. The van der Waals surface area contributed by atoms with Gasteiger partial charge in [-0.2, -0.15) is 5.26 Å². The summed E-state index contributed by atoms with van der Waals surface area (Å²) < 4.78 is 2.08. The van der Waals surface area contributed by atoms with Crippen LogP contribution in [0.3, 0.4) is 0 Å². The van der Waals surface area contributed by atoms with Crippen LogP contribution >= 0.6 is 0 Å². The average molecular weight is 653 g/mol. The molecule has 0 saturated carbocycles. The van der Waals surface area contributed by atoms with Crippen LogP contribution < -0.4 is 20.7 Å². The highest BCUT2D eigenvalue weighted by atomic mass is 28.3. The Balaban J connectivity index is 1.49. The van der Waals surface area contributed by atoms with Crippen molar-refractivity contribution in [1.82, 2.24) is 4.57 Å². The van der Waals surface area contributed by atoms with Gasteiger partial charge in [-0.05, 0) is 62.2 Å². The van der Waals surface area contributed by atoms with E-state index in [0.717, 1.165) is 32.9 Å². The van der Waals surface area contributed by atoms with Gasteiger partial charge in [-0.25, -0.2) is 9.69 Å². The predicted molar refractivity (Wildman–Crippen MR) is 207 cm³/mol. The van der Waals surface area contributed by atoms with Gasteiger partial charge in [0.1, 0.15) is 0 Å². The molecule has 0 amide bonds. The van der Waals surface area contributed by atoms with Crippen LogP contribution in [-0.4, -0.2) is 12.6 Å². The van der Waals surface area contributed by atoms with Gasteiger partial charge in [0.25, 0.3) is 0 Å². The van der Waals surface area contributed by atoms with Crippen molar-refractivity contribution in [2.75, 3.05) is 0 Å². The molecule has 0 unspecified atom stereocenters. The normalized spacial score (nSPS) is 11.1. The molecular weight excluding hydrogens is 625 g/mol. The second-order valence-corrected chi connectivity index (χ2v) is 15.9. The summed E-state index contributed by atoms with van der Waals surface area (Å²) in [5.74, 6) is 0. The van der Waals surface area contributed by atoms with Crippen LogP contribution in [0.15, 0.2) is 170 Å². The van der Waals surface area contributed by atoms with Crippen molar-refractivity contribution in [3.8, 4) is 22.9 Å². The van der Waals surface area contributed by atoms with E-state index in [9.17, 15) is 5.26 Å². The zero-order chi connectivity index (χ0) is 34.1. The number of para-hydroxylation sites is 1. The molecule has 0 aliphatic rings. The molecule has 0 N–H and O–H groups in total. The molecule has 0 atom stereocenters. The van der Waals surface area contributed by atoms with Crippen molar-refractivity contribution in [2.45, 2.75) is 0 Å². The maximum atomic E-state index is 9.72. The first-order valence-electron chi connectivity index (χ1n) is 16.3. The van der Waals surface area contributed by atoms with Gasteiger partial charge in [-0.1, -0.05) is 140 Å². The minimum atomic E-state index is -2.93. The van der Waals surface area contributed by atoms with Crippen LogP contribution in [0.4, 0.5) is 11.4 Å². The number of benzene rings is 7. The Hall–Kier alpha value is -6.97. The highest BCUT2D eigenvalue weighted by Crippen LogP contribution is 2.43. The first-order valence-corrected chi connectivity index (χ1v) is 18.3. The van der Waals surface area contributed by atoms with E-state index >= 15 is 0 Å². The van der Waals surface area contributed by atoms with Crippen molar-refractivity contribution in [3.05, 3.63) is 198 Å². The molecule has 1 heterocycles. The summed E-state index contributed by atoms with van der Waals surface area (Å²) in [6.45, 7) is 16.6. The van der Waals surface area contributed by atoms with Crippen molar-refractivity contribution in [3.63, 3.8) is 0 Å². The lowest BCUT2D eigenvalue weighted by molar-refractivity contribution is 1.19. The Morgan fingerprint density at radius 2 is 1.10 bits per heavy atom. The summed E-state index contributed by atoms with van der Waals surface area (Å²) in [4.78, 5) is 7.91. The van der Waals surface area contributed by atoms with E-state index in [1.165, 1.54) is 20.7 Å². The Labute approximate surface area is 292 Å². The van der Waals surface area contributed by atoms with E-state index in [4.69, 9.17) is 13.1 Å².